The zero-order chi connectivity index (χ0) is 33.0. The Morgan fingerprint density at radius 2 is 1.31 bits per heavy atom. The van der Waals surface area contributed by atoms with E-state index < -0.39 is 0 Å². The van der Waals surface area contributed by atoms with E-state index in [9.17, 15) is 4.79 Å². The second-order valence-electron chi connectivity index (χ2n) is 14.2. The van der Waals surface area contributed by atoms with E-state index in [1.54, 1.807) is 0 Å². The van der Waals surface area contributed by atoms with Crippen LogP contribution < -0.4 is 0 Å². The van der Waals surface area contributed by atoms with Gasteiger partial charge < -0.3 is 19.3 Å². The summed E-state index contributed by atoms with van der Waals surface area (Å²) < 4.78 is 2.52. The highest BCUT2D eigenvalue weighted by molar-refractivity contribution is 5.94. The lowest BCUT2D eigenvalue weighted by Crippen LogP contribution is -2.49. The first kappa shape index (κ1) is 32.6. The lowest BCUT2D eigenvalue weighted by molar-refractivity contribution is 0.0638. The predicted octanol–water partition coefficient (Wildman–Crippen LogP) is 6.64. The number of carbonyl (C=O) groups excluding carboxylic acids is 1. The first-order valence-electron chi connectivity index (χ1n) is 18.0. The number of amides is 1. The van der Waals surface area contributed by atoms with Crippen LogP contribution in [0.25, 0.3) is 21.7 Å². The third-order valence-electron chi connectivity index (χ3n) is 11.0. The number of benzene rings is 4. The van der Waals surface area contributed by atoms with Crippen LogP contribution in [0.3, 0.4) is 0 Å². The number of likely N-dealkylation sites (N-methyl/N-ethyl adjacent to an activating group) is 1. The van der Waals surface area contributed by atoms with Crippen molar-refractivity contribution in [2.45, 2.75) is 39.7 Å². The third kappa shape index (κ3) is 7.36. The number of nitrogens with zero attached hydrogens (tertiary/aromatic N) is 5. The smallest absolute Gasteiger partial charge is 0.253 e. The number of hydrogen-bond donors (Lipinski definition) is 0. The number of hydrogen-bond acceptors (Lipinski definition) is 4. The average Bonchev–Trinajstić information content (AvgIpc) is 3.36. The summed E-state index contributed by atoms with van der Waals surface area (Å²) in [5, 5.41) is 3.97. The highest BCUT2D eigenvalue weighted by Crippen LogP contribution is 2.28. The van der Waals surface area contributed by atoms with E-state index in [4.69, 9.17) is 0 Å². The summed E-state index contributed by atoms with van der Waals surface area (Å²) in [5.74, 6) is 0.150. The summed E-state index contributed by atoms with van der Waals surface area (Å²) in [5.41, 5.74) is 8.85. The monoisotopic (exact) mass is 641 g/mol. The first-order chi connectivity index (χ1) is 23.4. The van der Waals surface area contributed by atoms with E-state index in [2.05, 4.69) is 113 Å². The Labute approximate surface area is 286 Å². The van der Waals surface area contributed by atoms with Crippen LogP contribution in [0.2, 0.25) is 0 Å². The van der Waals surface area contributed by atoms with Gasteiger partial charge in [-0.3, -0.25) is 9.69 Å². The Hall–Kier alpha value is -3.97. The topological polar surface area (TPSA) is 35.0 Å². The maximum atomic E-state index is 13.4. The summed E-state index contributed by atoms with van der Waals surface area (Å²) in [4.78, 5) is 22.9. The van der Waals surface area contributed by atoms with Gasteiger partial charge in [-0.1, -0.05) is 60.7 Å². The number of carbonyl (C=O) groups is 1. The molecule has 1 aromatic heterocycles. The molecule has 0 saturated carbocycles. The van der Waals surface area contributed by atoms with Gasteiger partial charge in [-0.05, 0) is 104 Å². The fourth-order valence-electron chi connectivity index (χ4n) is 7.66. The van der Waals surface area contributed by atoms with Crippen LogP contribution in [0.15, 0.2) is 84.9 Å². The van der Waals surface area contributed by atoms with Crippen LogP contribution in [-0.4, -0.2) is 103 Å². The van der Waals surface area contributed by atoms with Crippen LogP contribution in [0.1, 0.15) is 44.7 Å². The van der Waals surface area contributed by atoms with Crippen LogP contribution in [0.4, 0.5) is 0 Å². The minimum atomic E-state index is 0.150. The molecule has 6 heteroatoms. The Morgan fingerprint density at radius 1 is 0.646 bits per heavy atom. The number of rotatable bonds is 10. The van der Waals surface area contributed by atoms with Gasteiger partial charge in [0, 0.05) is 87.6 Å². The molecule has 0 bridgehead atoms. The zero-order valence-electron chi connectivity index (χ0n) is 29.1. The van der Waals surface area contributed by atoms with Crippen LogP contribution >= 0.6 is 0 Å². The quantitative estimate of drug-likeness (QED) is 0.171. The van der Waals surface area contributed by atoms with Gasteiger partial charge in [-0.25, -0.2) is 0 Å². The molecule has 1 amide bonds. The molecule has 0 radical (unpaired) electrons. The van der Waals surface area contributed by atoms with Crippen molar-refractivity contribution < 1.29 is 4.79 Å². The third-order valence-corrected chi connectivity index (χ3v) is 11.0. The highest BCUT2D eigenvalue weighted by Gasteiger charge is 2.22. The molecule has 0 aliphatic carbocycles. The van der Waals surface area contributed by atoms with Gasteiger partial charge >= 0.3 is 0 Å². The fourth-order valence-corrected chi connectivity index (χ4v) is 7.66. The van der Waals surface area contributed by atoms with Crippen molar-refractivity contribution in [1.29, 1.82) is 0 Å². The molecule has 0 N–H and O–H groups in total. The van der Waals surface area contributed by atoms with Crippen molar-refractivity contribution in [3.8, 4) is 0 Å². The summed E-state index contributed by atoms with van der Waals surface area (Å²) in [6.07, 6.45) is 3.09. The Morgan fingerprint density at radius 3 is 2.08 bits per heavy atom. The lowest BCUT2D eigenvalue weighted by atomic mass is 10.0. The average molecular weight is 642 g/mol. The molecule has 48 heavy (non-hydrogen) atoms. The molecule has 7 rings (SSSR count). The van der Waals surface area contributed by atoms with Crippen LogP contribution in [0, 0.1) is 13.8 Å². The molecule has 2 aliphatic rings. The summed E-state index contributed by atoms with van der Waals surface area (Å²) in [6, 6.07) is 30.7. The standard InChI is InChI=1S/C42H51N5O/c1-32-33(2)47(19-6-18-44-23-21-43(3)22-24-44)41-16-12-36(31-40(32)41)29-34-10-14-38(15-11-34)42(48)46-27-25-45(26-28-46)20-17-35-9-13-37-7-4-5-8-39(37)30-35/h4-5,7-16,30-31H,6,17-29H2,1-3H3. The molecule has 2 aliphatic heterocycles. The highest BCUT2D eigenvalue weighted by atomic mass is 16.2. The Balaban J connectivity index is 0.905. The van der Waals surface area contributed by atoms with Gasteiger partial charge in [-0.2, -0.15) is 0 Å². The van der Waals surface area contributed by atoms with Crippen LogP contribution in [0.5, 0.6) is 0 Å². The van der Waals surface area contributed by atoms with Gasteiger partial charge in [0.05, 0.1) is 0 Å². The number of fused-ring (bicyclic) bond motifs is 2. The molecule has 6 nitrogen and oxygen atoms in total. The van der Waals surface area contributed by atoms with E-state index in [-0.39, 0.29) is 5.91 Å². The maximum Gasteiger partial charge on any atom is 0.253 e. The minimum Gasteiger partial charge on any atom is -0.345 e. The zero-order valence-corrected chi connectivity index (χ0v) is 29.1. The Bertz CT molecular complexity index is 1860. The molecule has 0 atom stereocenters. The van der Waals surface area contributed by atoms with Crippen LogP contribution in [-0.2, 0) is 19.4 Å². The molecular weight excluding hydrogens is 590 g/mol. The molecule has 2 fully saturated rings. The van der Waals surface area contributed by atoms with E-state index in [1.807, 2.05) is 17.0 Å². The van der Waals surface area contributed by atoms with Crippen molar-refractivity contribution in [1.82, 2.24) is 24.2 Å². The normalized spacial score (nSPS) is 16.7. The van der Waals surface area contributed by atoms with Gasteiger partial charge in [0.2, 0.25) is 0 Å². The van der Waals surface area contributed by atoms with E-state index in [0.29, 0.717) is 0 Å². The van der Waals surface area contributed by atoms with Gasteiger partial charge in [0.1, 0.15) is 0 Å². The van der Waals surface area contributed by atoms with Gasteiger partial charge in [0.15, 0.2) is 0 Å². The number of aromatic nitrogens is 1. The lowest BCUT2D eigenvalue weighted by Gasteiger charge is -2.34. The van der Waals surface area contributed by atoms with E-state index >= 15 is 0 Å². The first-order valence-corrected chi connectivity index (χ1v) is 18.0. The molecule has 0 spiro atoms. The van der Waals surface area contributed by atoms with Crippen molar-refractivity contribution >= 4 is 27.6 Å². The van der Waals surface area contributed by atoms with Crippen molar-refractivity contribution in [3.05, 3.63) is 118 Å². The predicted molar refractivity (Wildman–Crippen MR) is 199 cm³/mol. The molecule has 3 heterocycles. The molecular formula is C42H51N5O. The number of piperazine rings is 2. The second kappa shape index (κ2) is 14.7. The van der Waals surface area contributed by atoms with Crippen molar-refractivity contribution in [2.24, 2.45) is 0 Å². The van der Waals surface area contributed by atoms with Crippen molar-refractivity contribution in [2.75, 3.05) is 72.5 Å². The molecule has 250 valence electrons. The molecule has 0 unspecified atom stereocenters. The minimum absolute atomic E-state index is 0.150. The van der Waals surface area contributed by atoms with E-state index in [0.717, 1.165) is 57.7 Å². The molecule has 2 saturated heterocycles. The van der Waals surface area contributed by atoms with E-state index in [1.165, 1.54) is 88.8 Å². The number of aryl methyl sites for hydroxylation is 2. The Kier molecular flexibility index (Phi) is 9.94. The fraction of sp³-hybridized carbons (Fsp3) is 0.405. The summed E-state index contributed by atoms with van der Waals surface area (Å²) >= 11 is 0. The van der Waals surface area contributed by atoms with Gasteiger partial charge in [-0.15, -0.1) is 0 Å². The largest absolute Gasteiger partial charge is 0.345 e. The molecule has 4 aromatic carbocycles. The molecule has 5 aromatic rings. The van der Waals surface area contributed by atoms with Crippen molar-refractivity contribution in [3.63, 3.8) is 0 Å². The summed E-state index contributed by atoms with van der Waals surface area (Å²) in [7, 11) is 2.22. The second-order valence-corrected chi connectivity index (χ2v) is 14.2. The maximum absolute atomic E-state index is 13.4. The van der Waals surface area contributed by atoms with Gasteiger partial charge in [0.25, 0.3) is 5.91 Å². The summed E-state index contributed by atoms with van der Waals surface area (Å²) in [6.45, 7) is 16.0. The SMILES string of the molecule is Cc1c(C)n(CCCN2CCN(C)CC2)c2ccc(Cc3ccc(C(=O)N4CCN(CCc5ccc6ccccc6c5)CC4)cc3)cc12.